The van der Waals surface area contributed by atoms with Crippen molar-refractivity contribution < 1.29 is 18.3 Å². The molecular formula is C23H22F2N6O2S. The number of nitrogens with zero attached hydrogens (tertiary/aromatic N) is 4. The third-order valence-electron chi connectivity index (χ3n) is 5.93. The second kappa shape index (κ2) is 8.90. The summed E-state index contributed by atoms with van der Waals surface area (Å²) in [6, 6.07) is 13.4. The molecule has 0 saturated heterocycles. The molecule has 34 heavy (non-hydrogen) atoms. The number of halogens is 2. The zero-order valence-corrected chi connectivity index (χ0v) is 19.2. The number of ether oxygens (including phenoxy) is 2. The van der Waals surface area contributed by atoms with Crippen LogP contribution in [-0.4, -0.2) is 45.2 Å². The lowest BCUT2D eigenvalue weighted by Gasteiger charge is -2.32. The molecule has 11 heteroatoms. The van der Waals surface area contributed by atoms with E-state index in [1.165, 1.54) is 10.9 Å². The lowest BCUT2D eigenvalue weighted by Crippen LogP contribution is -2.31. The molecule has 0 saturated carbocycles. The van der Waals surface area contributed by atoms with Crippen molar-refractivity contribution in [2.45, 2.75) is 24.9 Å². The van der Waals surface area contributed by atoms with Gasteiger partial charge in [0.05, 0.1) is 37.7 Å². The molecule has 8 nitrogen and oxygen atoms in total. The van der Waals surface area contributed by atoms with Crippen LogP contribution in [-0.2, 0) is 0 Å². The van der Waals surface area contributed by atoms with Crippen molar-refractivity contribution in [3.63, 3.8) is 0 Å². The maximum absolute atomic E-state index is 14.1. The monoisotopic (exact) mass is 484 g/mol. The molecule has 4 aromatic rings. The highest BCUT2D eigenvalue weighted by Gasteiger charge is 2.36. The first-order chi connectivity index (χ1) is 16.5. The lowest BCUT2D eigenvalue weighted by atomic mass is 9.97. The van der Waals surface area contributed by atoms with Crippen LogP contribution in [0.25, 0.3) is 17.1 Å². The average molecular weight is 485 g/mol. The predicted octanol–water partition coefficient (Wildman–Crippen LogP) is 5.17. The molecule has 1 aliphatic rings. The molecule has 2 atom stereocenters. The van der Waals surface area contributed by atoms with E-state index in [1.54, 1.807) is 37.0 Å². The van der Waals surface area contributed by atoms with Crippen LogP contribution in [0, 0.1) is 4.77 Å². The fourth-order valence-corrected chi connectivity index (χ4v) is 4.50. The molecule has 0 fully saturated rings. The zero-order valence-electron chi connectivity index (χ0n) is 18.4. The van der Waals surface area contributed by atoms with E-state index < -0.39 is 12.5 Å². The van der Waals surface area contributed by atoms with Crippen molar-refractivity contribution in [2.75, 3.05) is 19.5 Å². The summed E-state index contributed by atoms with van der Waals surface area (Å²) in [6.45, 7) is 0. The Labute approximate surface area is 199 Å². The number of anilines is 1. The maximum Gasteiger partial charge on any atom is 0.260 e. The van der Waals surface area contributed by atoms with Gasteiger partial charge in [-0.15, -0.1) is 0 Å². The summed E-state index contributed by atoms with van der Waals surface area (Å²) >= 11 is 5.51. The normalized spacial score (nSPS) is 17.3. The number of fused-ring (bicyclic) bond motifs is 1. The topological polar surface area (TPSA) is 81.9 Å². The van der Waals surface area contributed by atoms with Crippen LogP contribution >= 0.6 is 12.2 Å². The number of benzene rings is 2. The SMILES string of the molecule is COc1ccc(-n2c(-c3cnn4c3NC(c3ccccc3)CC4C(F)F)n[nH]c2=S)c(OC)c1. The first kappa shape index (κ1) is 22.1. The van der Waals surface area contributed by atoms with Crippen molar-refractivity contribution in [2.24, 2.45) is 0 Å². The summed E-state index contributed by atoms with van der Waals surface area (Å²) in [5, 5.41) is 14.9. The summed E-state index contributed by atoms with van der Waals surface area (Å²) < 4.78 is 42.3. The Kier molecular flexibility index (Phi) is 5.78. The van der Waals surface area contributed by atoms with Gasteiger partial charge >= 0.3 is 0 Å². The molecule has 176 valence electrons. The van der Waals surface area contributed by atoms with E-state index in [2.05, 4.69) is 20.6 Å². The van der Waals surface area contributed by atoms with Gasteiger partial charge in [0.2, 0.25) is 0 Å². The maximum atomic E-state index is 14.1. The van der Waals surface area contributed by atoms with Gasteiger partial charge in [0, 0.05) is 6.07 Å². The smallest absolute Gasteiger partial charge is 0.260 e. The number of aromatic amines is 1. The summed E-state index contributed by atoms with van der Waals surface area (Å²) in [5.41, 5.74) is 2.08. The Morgan fingerprint density at radius 3 is 2.62 bits per heavy atom. The first-order valence-electron chi connectivity index (χ1n) is 10.6. The van der Waals surface area contributed by atoms with E-state index in [0.29, 0.717) is 39.2 Å². The fraction of sp³-hybridized carbons (Fsp3) is 0.261. The van der Waals surface area contributed by atoms with Gasteiger partial charge in [-0.2, -0.15) is 10.2 Å². The van der Waals surface area contributed by atoms with Gasteiger partial charge < -0.3 is 14.8 Å². The largest absolute Gasteiger partial charge is 0.497 e. The summed E-state index contributed by atoms with van der Waals surface area (Å²) in [4.78, 5) is 0. The van der Waals surface area contributed by atoms with Crippen molar-refractivity contribution in [3.8, 4) is 28.6 Å². The van der Waals surface area contributed by atoms with Gasteiger partial charge in [0.25, 0.3) is 6.43 Å². The minimum Gasteiger partial charge on any atom is -0.497 e. The Balaban J connectivity index is 1.64. The molecule has 2 N–H and O–H groups in total. The predicted molar refractivity (Wildman–Crippen MR) is 126 cm³/mol. The van der Waals surface area contributed by atoms with Crippen LogP contribution in [0.4, 0.5) is 14.6 Å². The summed E-state index contributed by atoms with van der Waals surface area (Å²) in [5.74, 6) is 2.00. The van der Waals surface area contributed by atoms with Crippen molar-refractivity contribution in [1.29, 1.82) is 0 Å². The Bertz CT molecular complexity index is 1370. The second-order valence-corrected chi connectivity index (χ2v) is 8.21. The molecule has 0 aliphatic carbocycles. The minimum atomic E-state index is -2.58. The number of methoxy groups -OCH3 is 2. The Morgan fingerprint density at radius 1 is 1.12 bits per heavy atom. The average Bonchev–Trinajstić information content (AvgIpc) is 3.46. The standard InChI is InChI=1S/C23H22F2N6O2S/c1-32-14-8-9-17(19(10-14)33-2)30-22(28-29-23(30)34)15-12-26-31-18(20(24)25)11-16(27-21(15)31)13-6-4-3-5-7-13/h3-10,12,16,18,20,27H,11H2,1-2H3,(H,29,34). The molecule has 2 aromatic carbocycles. The van der Waals surface area contributed by atoms with Gasteiger partial charge in [-0.1, -0.05) is 30.3 Å². The van der Waals surface area contributed by atoms with Gasteiger partial charge in [-0.05, 0) is 36.3 Å². The molecule has 0 bridgehead atoms. The lowest BCUT2D eigenvalue weighted by molar-refractivity contribution is 0.0659. The molecule has 5 rings (SSSR count). The van der Waals surface area contributed by atoms with Crippen molar-refractivity contribution in [1.82, 2.24) is 24.5 Å². The molecular weight excluding hydrogens is 462 g/mol. The van der Waals surface area contributed by atoms with Crippen LogP contribution < -0.4 is 14.8 Å². The van der Waals surface area contributed by atoms with Crippen LogP contribution in [0.15, 0.2) is 54.7 Å². The Morgan fingerprint density at radius 2 is 1.91 bits per heavy atom. The minimum absolute atomic E-state index is 0.203. The number of alkyl halides is 2. The third-order valence-corrected chi connectivity index (χ3v) is 6.21. The molecule has 2 aromatic heterocycles. The highest BCUT2D eigenvalue weighted by atomic mass is 32.1. The van der Waals surface area contributed by atoms with Gasteiger partial charge in [0.1, 0.15) is 23.4 Å². The highest BCUT2D eigenvalue weighted by molar-refractivity contribution is 7.71. The van der Waals surface area contributed by atoms with Gasteiger partial charge in [-0.25, -0.2) is 13.5 Å². The number of aromatic nitrogens is 5. The van der Waals surface area contributed by atoms with Crippen molar-refractivity contribution >= 4 is 18.0 Å². The number of nitrogens with one attached hydrogen (secondary N) is 2. The molecule has 3 heterocycles. The van der Waals surface area contributed by atoms with Crippen LogP contribution in [0.1, 0.15) is 24.1 Å². The molecule has 1 aliphatic heterocycles. The van der Waals surface area contributed by atoms with Gasteiger partial charge in [0.15, 0.2) is 10.6 Å². The first-order valence-corrected chi connectivity index (χ1v) is 11.0. The van der Waals surface area contributed by atoms with E-state index in [-0.39, 0.29) is 12.5 Å². The molecule has 0 amide bonds. The van der Waals surface area contributed by atoms with E-state index in [1.807, 2.05) is 30.3 Å². The molecule has 0 spiro atoms. The van der Waals surface area contributed by atoms with E-state index in [4.69, 9.17) is 21.7 Å². The Hall–Kier alpha value is -3.73. The number of hydrogen-bond acceptors (Lipinski definition) is 6. The zero-order chi connectivity index (χ0) is 23.8. The number of rotatable bonds is 6. The number of H-pyrrole nitrogens is 1. The quantitative estimate of drug-likeness (QED) is 0.368. The highest BCUT2D eigenvalue weighted by Crippen LogP contribution is 2.42. The van der Waals surface area contributed by atoms with Crippen LogP contribution in [0.2, 0.25) is 0 Å². The second-order valence-electron chi connectivity index (χ2n) is 7.82. The van der Waals surface area contributed by atoms with E-state index in [9.17, 15) is 8.78 Å². The molecule has 2 unspecified atom stereocenters. The molecule has 0 radical (unpaired) electrons. The van der Waals surface area contributed by atoms with Crippen LogP contribution in [0.3, 0.4) is 0 Å². The van der Waals surface area contributed by atoms with Crippen molar-refractivity contribution in [3.05, 3.63) is 65.1 Å². The van der Waals surface area contributed by atoms with Gasteiger partial charge in [-0.3, -0.25) is 9.67 Å². The number of hydrogen-bond donors (Lipinski definition) is 2. The van der Waals surface area contributed by atoms with Crippen LogP contribution in [0.5, 0.6) is 11.5 Å². The summed E-state index contributed by atoms with van der Waals surface area (Å²) in [6.07, 6.45) is -0.848. The van der Waals surface area contributed by atoms with E-state index >= 15 is 0 Å². The summed E-state index contributed by atoms with van der Waals surface area (Å²) in [7, 11) is 3.11. The third kappa shape index (κ3) is 3.71. The fourth-order valence-electron chi connectivity index (χ4n) is 4.27. The van der Waals surface area contributed by atoms with E-state index in [0.717, 1.165) is 5.56 Å².